The number of ether oxygens (including phenoxy) is 2. The third-order valence-corrected chi connectivity index (χ3v) is 8.42. The zero-order valence-corrected chi connectivity index (χ0v) is 24.6. The molecular formula is C29H31N3O4S3. The summed E-state index contributed by atoms with van der Waals surface area (Å²) < 4.78 is 11.2. The molecule has 0 bridgehead atoms. The summed E-state index contributed by atoms with van der Waals surface area (Å²) in [5.74, 6) is 1.09. The number of aromatic nitrogens is 1. The summed E-state index contributed by atoms with van der Waals surface area (Å²) >= 11 is 8.26. The molecule has 0 radical (unpaired) electrons. The number of thiazole rings is 1. The number of hydrogen-bond donors (Lipinski definition) is 1. The molecule has 204 valence electrons. The lowest BCUT2D eigenvalue weighted by Gasteiger charge is -2.14. The Labute approximate surface area is 242 Å². The Kier molecular flexibility index (Phi) is 10.1. The first-order chi connectivity index (χ1) is 18.9. The number of benzene rings is 2. The van der Waals surface area contributed by atoms with Crippen LogP contribution in [0.3, 0.4) is 0 Å². The van der Waals surface area contributed by atoms with Crippen molar-refractivity contribution in [2.45, 2.75) is 39.0 Å². The molecule has 39 heavy (non-hydrogen) atoms. The maximum atomic E-state index is 12.9. The molecule has 10 heteroatoms. The first-order valence-corrected chi connectivity index (χ1v) is 14.7. The number of carbonyl (C=O) groups excluding carboxylic acids is 2. The topological polar surface area (TPSA) is 80.8 Å². The van der Waals surface area contributed by atoms with Crippen molar-refractivity contribution in [3.8, 4) is 11.5 Å². The van der Waals surface area contributed by atoms with Gasteiger partial charge >= 0.3 is 0 Å². The molecule has 2 amide bonds. The fraction of sp³-hybridized carbons (Fsp3) is 0.310. The molecule has 1 N–H and O–H groups in total. The number of unbranched alkanes of at least 4 members (excludes halogenated alkanes) is 2. The Hall–Kier alpha value is -3.21. The number of nitrogens with zero attached hydrogens (tertiary/aromatic N) is 2. The molecule has 1 saturated heterocycles. The van der Waals surface area contributed by atoms with E-state index in [0.29, 0.717) is 38.8 Å². The van der Waals surface area contributed by atoms with E-state index in [1.165, 1.54) is 34.2 Å². The number of aryl methyl sites for hydroxylation is 1. The van der Waals surface area contributed by atoms with E-state index in [0.717, 1.165) is 36.1 Å². The van der Waals surface area contributed by atoms with Crippen LogP contribution in [0.5, 0.6) is 11.5 Å². The van der Waals surface area contributed by atoms with Gasteiger partial charge in [-0.15, -0.1) is 11.3 Å². The quantitative estimate of drug-likeness (QED) is 0.149. The molecular weight excluding hydrogens is 551 g/mol. The maximum Gasteiger partial charge on any atom is 0.266 e. The lowest BCUT2D eigenvalue weighted by atomic mass is 10.1. The first kappa shape index (κ1) is 28.8. The largest absolute Gasteiger partial charge is 0.493 e. The van der Waals surface area contributed by atoms with Crippen molar-refractivity contribution in [3.63, 3.8) is 0 Å². The van der Waals surface area contributed by atoms with Crippen molar-refractivity contribution in [3.05, 3.63) is 75.1 Å². The van der Waals surface area contributed by atoms with Gasteiger partial charge in [0.25, 0.3) is 5.91 Å². The fourth-order valence-corrected chi connectivity index (χ4v) is 6.34. The number of thiocarbonyl (C=S) groups is 1. The maximum absolute atomic E-state index is 12.9. The highest BCUT2D eigenvalue weighted by Gasteiger charge is 2.31. The van der Waals surface area contributed by atoms with Crippen LogP contribution in [0.1, 0.15) is 47.3 Å². The van der Waals surface area contributed by atoms with Gasteiger partial charge in [0, 0.05) is 30.5 Å². The summed E-state index contributed by atoms with van der Waals surface area (Å²) in [6.07, 6.45) is 7.15. The van der Waals surface area contributed by atoms with E-state index in [9.17, 15) is 9.59 Å². The monoisotopic (exact) mass is 581 g/mol. The van der Waals surface area contributed by atoms with Crippen LogP contribution < -0.4 is 14.8 Å². The molecule has 0 aliphatic carbocycles. The second-order valence-corrected chi connectivity index (χ2v) is 11.9. The van der Waals surface area contributed by atoms with Crippen molar-refractivity contribution < 1.29 is 19.1 Å². The third kappa shape index (κ3) is 7.90. The van der Waals surface area contributed by atoms with E-state index in [-0.39, 0.29) is 11.8 Å². The van der Waals surface area contributed by atoms with Crippen molar-refractivity contribution in [1.82, 2.24) is 9.88 Å². The minimum absolute atomic E-state index is 0.0464. The number of amides is 2. The van der Waals surface area contributed by atoms with Gasteiger partial charge in [0.15, 0.2) is 16.6 Å². The fourth-order valence-electron chi connectivity index (χ4n) is 4.17. The minimum Gasteiger partial charge on any atom is -0.493 e. The molecule has 1 fully saturated rings. The van der Waals surface area contributed by atoms with Crippen molar-refractivity contribution >= 4 is 62.7 Å². The van der Waals surface area contributed by atoms with Gasteiger partial charge in [0.2, 0.25) is 5.91 Å². The van der Waals surface area contributed by atoms with Gasteiger partial charge in [-0.25, -0.2) is 4.98 Å². The van der Waals surface area contributed by atoms with E-state index in [2.05, 4.69) is 41.5 Å². The lowest BCUT2D eigenvalue weighted by Crippen LogP contribution is -2.29. The molecule has 1 aliphatic heterocycles. The van der Waals surface area contributed by atoms with E-state index in [1.807, 2.05) is 24.4 Å². The minimum atomic E-state index is -0.0947. The van der Waals surface area contributed by atoms with Crippen molar-refractivity contribution in [1.29, 1.82) is 0 Å². The Balaban J connectivity index is 1.19. The Bertz CT molecular complexity index is 1390. The molecule has 0 saturated carbocycles. The zero-order valence-electron chi connectivity index (χ0n) is 22.2. The number of rotatable bonds is 12. The summed E-state index contributed by atoms with van der Waals surface area (Å²) in [5, 5.41) is 3.53. The first-order valence-electron chi connectivity index (χ1n) is 12.6. The van der Waals surface area contributed by atoms with E-state index >= 15 is 0 Å². The van der Waals surface area contributed by atoms with E-state index < -0.39 is 0 Å². The molecule has 0 atom stereocenters. The number of methoxy groups -OCH3 is 2. The summed E-state index contributed by atoms with van der Waals surface area (Å²) in [6.45, 7) is 2.61. The molecule has 3 aromatic rings. The number of anilines is 1. The highest BCUT2D eigenvalue weighted by molar-refractivity contribution is 8.26. The summed E-state index contributed by atoms with van der Waals surface area (Å²) in [6, 6.07) is 13.9. The lowest BCUT2D eigenvalue weighted by molar-refractivity contribution is -0.122. The van der Waals surface area contributed by atoms with Gasteiger partial charge in [-0.2, -0.15) is 0 Å². The molecule has 1 aliphatic rings. The smallest absolute Gasteiger partial charge is 0.266 e. The predicted octanol–water partition coefficient (Wildman–Crippen LogP) is 6.46. The van der Waals surface area contributed by atoms with Gasteiger partial charge in [-0.3, -0.25) is 14.5 Å². The second kappa shape index (κ2) is 13.7. The Morgan fingerprint density at radius 1 is 1.10 bits per heavy atom. The molecule has 4 rings (SSSR count). The molecule has 1 aromatic heterocycles. The van der Waals surface area contributed by atoms with Crippen molar-refractivity contribution in [2.75, 3.05) is 26.1 Å². The number of nitrogens with one attached hydrogen (secondary N) is 1. The SMILES string of the molecule is COc1ccc(C=C2SC(=S)N(CCCCCC(=O)Nc3ncc(Cc4cccc(C)c4)s3)C2=O)cc1OC. The van der Waals surface area contributed by atoms with Gasteiger partial charge < -0.3 is 14.8 Å². The second-order valence-electron chi connectivity index (χ2n) is 9.10. The normalized spacial score (nSPS) is 14.2. The van der Waals surface area contributed by atoms with Crippen molar-refractivity contribution in [2.24, 2.45) is 0 Å². The molecule has 2 heterocycles. The van der Waals surface area contributed by atoms with Gasteiger partial charge in [0.1, 0.15) is 4.32 Å². The number of thioether (sulfide) groups is 1. The average Bonchev–Trinajstić information content (AvgIpc) is 3.46. The molecule has 7 nitrogen and oxygen atoms in total. The molecule has 0 spiro atoms. The highest BCUT2D eigenvalue weighted by atomic mass is 32.2. The van der Waals surface area contributed by atoms with E-state index in [4.69, 9.17) is 21.7 Å². The predicted molar refractivity (Wildman–Crippen MR) is 163 cm³/mol. The van der Waals surface area contributed by atoms with E-state index in [1.54, 1.807) is 25.2 Å². The van der Waals surface area contributed by atoms with Crippen LogP contribution in [0.2, 0.25) is 0 Å². The molecule has 2 aromatic carbocycles. The van der Waals surface area contributed by atoms with Crippen LogP contribution in [0.25, 0.3) is 6.08 Å². The zero-order chi connectivity index (χ0) is 27.8. The number of carbonyl (C=O) groups is 2. The average molecular weight is 582 g/mol. The Morgan fingerprint density at radius 2 is 1.92 bits per heavy atom. The van der Waals surface area contributed by atoms with Crippen LogP contribution in [0.4, 0.5) is 5.13 Å². The number of hydrogen-bond acceptors (Lipinski definition) is 8. The van der Waals surface area contributed by atoms with Crippen LogP contribution in [0.15, 0.2) is 53.6 Å². The van der Waals surface area contributed by atoms with Gasteiger partial charge in [-0.05, 0) is 49.1 Å². The summed E-state index contributed by atoms with van der Waals surface area (Å²) in [4.78, 5) is 33.0. The third-order valence-electron chi connectivity index (χ3n) is 6.13. The summed E-state index contributed by atoms with van der Waals surface area (Å²) in [5.41, 5.74) is 3.29. The standard InChI is InChI=1S/C29H31N3O4S3/c1-19-8-7-9-20(14-19)15-22-18-30-28(38-22)31-26(33)10-5-4-6-13-32-27(34)25(39-29(32)37)17-21-11-12-23(35-2)24(16-21)36-3/h7-9,11-12,14,16-18H,4-6,10,13,15H2,1-3H3,(H,30,31,33). The van der Waals surface area contributed by atoms with Crippen LogP contribution in [-0.4, -0.2) is 46.8 Å². The van der Waals surface area contributed by atoms with Crippen LogP contribution >= 0.6 is 35.3 Å². The molecule has 0 unspecified atom stereocenters. The summed E-state index contributed by atoms with van der Waals surface area (Å²) in [7, 11) is 3.16. The van der Waals surface area contributed by atoms with Crippen LogP contribution in [-0.2, 0) is 16.0 Å². The van der Waals surface area contributed by atoms with Gasteiger partial charge in [-0.1, -0.05) is 66.3 Å². The van der Waals surface area contributed by atoms with Gasteiger partial charge in [0.05, 0.1) is 19.1 Å². The van der Waals surface area contributed by atoms with Crippen LogP contribution in [0, 0.1) is 6.92 Å². The Morgan fingerprint density at radius 3 is 2.69 bits per heavy atom. The highest BCUT2D eigenvalue weighted by Crippen LogP contribution is 2.35.